The van der Waals surface area contributed by atoms with E-state index in [0.717, 1.165) is 17.9 Å². The molecule has 112 valence electrons. The highest BCUT2D eigenvalue weighted by atomic mass is 32.1. The van der Waals surface area contributed by atoms with Gasteiger partial charge in [0.25, 0.3) is 0 Å². The zero-order chi connectivity index (χ0) is 14.4. The number of amides is 1. The Morgan fingerprint density at radius 3 is 2.85 bits per heavy atom. The van der Waals surface area contributed by atoms with Crippen molar-refractivity contribution < 1.29 is 9.90 Å². The predicted octanol–water partition coefficient (Wildman–Crippen LogP) is 3.43. The van der Waals surface area contributed by atoms with Crippen LogP contribution in [0.1, 0.15) is 57.4 Å². The van der Waals surface area contributed by atoms with E-state index in [1.807, 2.05) is 16.8 Å². The number of carbonyl (C=O) groups is 1. The molecule has 1 fully saturated rings. The largest absolute Gasteiger partial charge is 0.384 e. The van der Waals surface area contributed by atoms with Crippen LogP contribution in [0.4, 0.5) is 0 Å². The fraction of sp³-hybridized carbons (Fsp3) is 0.688. The number of nitrogens with one attached hydrogen (secondary N) is 1. The zero-order valence-corrected chi connectivity index (χ0v) is 13.0. The summed E-state index contributed by atoms with van der Waals surface area (Å²) in [7, 11) is 0. The molecule has 2 rings (SSSR count). The van der Waals surface area contributed by atoms with Crippen LogP contribution in [-0.4, -0.2) is 17.6 Å². The maximum atomic E-state index is 11.9. The summed E-state index contributed by atoms with van der Waals surface area (Å²) in [5.74, 6) is 0.790. The van der Waals surface area contributed by atoms with Gasteiger partial charge in [0.15, 0.2) is 0 Å². The van der Waals surface area contributed by atoms with Gasteiger partial charge in [-0.15, -0.1) is 0 Å². The molecule has 0 bridgehead atoms. The van der Waals surface area contributed by atoms with Crippen LogP contribution >= 0.6 is 11.3 Å². The Kier molecular flexibility index (Phi) is 5.61. The molecule has 1 aliphatic rings. The van der Waals surface area contributed by atoms with Gasteiger partial charge in [-0.2, -0.15) is 11.3 Å². The zero-order valence-electron chi connectivity index (χ0n) is 12.2. The van der Waals surface area contributed by atoms with Crippen LogP contribution in [0.3, 0.4) is 0 Å². The first kappa shape index (κ1) is 15.5. The van der Waals surface area contributed by atoms with E-state index in [4.69, 9.17) is 0 Å². The second-order valence-corrected chi connectivity index (χ2v) is 6.89. The fourth-order valence-electron chi connectivity index (χ4n) is 2.84. The third kappa shape index (κ3) is 4.60. The molecule has 1 amide bonds. The Bertz CT molecular complexity index is 408. The van der Waals surface area contributed by atoms with Crippen LogP contribution in [0.5, 0.6) is 0 Å². The average Bonchev–Trinajstić information content (AvgIpc) is 2.99. The Hall–Kier alpha value is -0.870. The lowest BCUT2D eigenvalue weighted by atomic mass is 9.86. The lowest BCUT2D eigenvalue weighted by Crippen LogP contribution is -2.38. The van der Waals surface area contributed by atoms with E-state index in [1.165, 1.54) is 32.1 Å². The quantitative estimate of drug-likeness (QED) is 0.844. The highest BCUT2D eigenvalue weighted by Gasteiger charge is 2.24. The van der Waals surface area contributed by atoms with Gasteiger partial charge in [-0.05, 0) is 41.7 Å². The molecule has 3 nitrogen and oxygen atoms in total. The normalized spacial score (nSPS) is 19.5. The highest BCUT2D eigenvalue weighted by molar-refractivity contribution is 7.08. The van der Waals surface area contributed by atoms with Gasteiger partial charge in [0.2, 0.25) is 5.91 Å². The molecule has 4 heteroatoms. The minimum absolute atomic E-state index is 0.0612. The average molecular weight is 295 g/mol. The van der Waals surface area contributed by atoms with Crippen LogP contribution in [0.15, 0.2) is 16.8 Å². The second kappa shape index (κ2) is 7.23. The number of thiophene rings is 1. The van der Waals surface area contributed by atoms with Gasteiger partial charge in [0.1, 0.15) is 5.60 Å². The standard InChI is InChI=1S/C16H25NO2S/c1-16(19,14-9-10-20-11-14)12-17-15(18)8-7-13-5-3-2-4-6-13/h9-11,13,19H,2-8,12H2,1H3,(H,17,18). The smallest absolute Gasteiger partial charge is 0.220 e. The van der Waals surface area contributed by atoms with E-state index in [1.54, 1.807) is 18.3 Å². The van der Waals surface area contributed by atoms with Crippen LogP contribution in [0.25, 0.3) is 0 Å². The molecule has 1 aromatic rings. The van der Waals surface area contributed by atoms with Gasteiger partial charge in [-0.25, -0.2) is 0 Å². The third-order valence-electron chi connectivity index (χ3n) is 4.28. The van der Waals surface area contributed by atoms with Crippen molar-refractivity contribution in [2.75, 3.05) is 6.54 Å². The van der Waals surface area contributed by atoms with E-state index < -0.39 is 5.60 Å². The molecule has 1 heterocycles. The molecule has 0 saturated heterocycles. The highest BCUT2D eigenvalue weighted by Crippen LogP contribution is 2.27. The summed E-state index contributed by atoms with van der Waals surface area (Å²) in [5, 5.41) is 17.1. The van der Waals surface area contributed by atoms with Gasteiger partial charge in [0.05, 0.1) is 6.54 Å². The summed E-state index contributed by atoms with van der Waals surface area (Å²) in [6, 6.07) is 1.90. The lowest BCUT2D eigenvalue weighted by Gasteiger charge is -2.24. The van der Waals surface area contributed by atoms with Crippen molar-refractivity contribution in [3.63, 3.8) is 0 Å². The maximum absolute atomic E-state index is 11.9. The van der Waals surface area contributed by atoms with Crippen LogP contribution in [0, 0.1) is 5.92 Å². The van der Waals surface area contributed by atoms with Crippen LogP contribution in [0.2, 0.25) is 0 Å². The number of hydrogen-bond acceptors (Lipinski definition) is 3. The van der Waals surface area contributed by atoms with Crippen molar-refractivity contribution in [3.05, 3.63) is 22.4 Å². The summed E-state index contributed by atoms with van der Waals surface area (Å²) < 4.78 is 0. The Labute approximate surface area is 125 Å². The predicted molar refractivity (Wildman–Crippen MR) is 82.7 cm³/mol. The van der Waals surface area contributed by atoms with Gasteiger partial charge < -0.3 is 10.4 Å². The van der Waals surface area contributed by atoms with Gasteiger partial charge in [0, 0.05) is 6.42 Å². The Balaban J connectivity index is 1.69. The minimum atomic E-state index is -0.972. The summed E-state index contributed by atoms with van der Waals surface area (Å²) in [5.41, 5.74) is -0.101. The molecule has 20 heavy (non-hydrogen) atoms. The monoisotopic (exact) mass is 295 g/mol. The Morgan fingerprint density at radius 2 is 2.20 bits per heavy atom. The van der Waals surface area contributed by atoms with Crippen molar-refractivity contribution in [1.82, 2.24) is 5.32 Å². The van der Waals surface area contributed by atoms with Gasteiger partial charge >= 0.3 is 0 Å². The SMILES string of the molecule is CC(O)(CNC(=O)CCC1CCCCC1)c1ccsc1. The summed E-state index contributed by atoms with van der Waals surface area (Å²) in [6.07, 6.45) is 8.13. The molecule has 1 aromatic heterocycles. The molecule has 1 aliphatic carbocycles. The summed E-state index contributed by atoms with van der Waals surface area (Å²) >= 11 is 1.56. The molecule has 0 aromatic carbocycles. The third-order valence-corrected chi connectivity index (χ3v) is 4.96. The van der Waals surface area contributed by atoms with E-state index in [0.29, 0.717) is 6.42 Å². The molecule has 0 radical (unpaired) electrons. The van der Waals surface area contributed by atoms with E-state index in [-0.39, 0.29) is 12.5 Å². The summed E-state index contributed by atoms with van der Waals surface area (Å²) in [4.78, 5) is 11.9. The molecular weight excluding hydrogens is 270 g/mol. The van der Waals surface area contributed by atoms with Crippen molar-refractivity contribution >= 4 is 17.2 Å². The molecular formula is C16H25NO2S. The molecule has 2 N–H and O–H groups in total. The van der Waals surface area contributed by atoms with E-state index in [9.17, 15) is 9.90 Å². The molecule has 0 aliphatic heterocycles. The van der Waals surface area contributed by atoms with Gasteiger partial charge in [-0.1, -0.05) is 32.1 Å². The van der Waals surface area contributed by atoms with Crippen molar-refractivity contribution in [3.8, 4) is 0 Å². The van der Waals surface area contributed by atoms with Crippen molar-refractivity contribution in [1.29, 1.82) is 0 Å². The minimum Gasteiger partial charge on any atom is -0.384 e. The Morgan fingerprint density at radius 1 is 1.45 bits per heavy atom. The van der Waals surface area contributed by atoms with Crippen LogP contribution in [-0.2, 0) is 10.4 Å². The molecule has 1 saturated carbocycles. The lowest BCUT2D eigenvalue weighted by molar-refractivity contribution is -0.122. The first-order valence-electron chi connectivity index (χ1n) is 7.60. The van der Waals surface area contributed by atoms with Gasteiger partial charge in [-0.3, -0.25) is 4.79 Å². The number of carbonyl (C=O) groups excluding carboxylic acids is 1. The second-order valence-electron chi connectivity index (χ2n) is 6.11. The first-order valence-corrected chi connectivity index (χ1v) is 8.54. The van der Waals surface area contributed by atoms with E-state index >= 15 is 0 Å². The van der Waals surface area contributed by atoms with Crippen molar-refractivity contribution in [2.45, 2.75) is 57.5 Å². The van der Waals surface area contributed by atoms with E-state index in [2.05, 4.69) is 5.32 Å². The fourth-order valence-corrected chi connectivity index (χ4v) is 3.63. The molecule has 1 atom stereocenters. The number of rotatable bonds is 6. The maximum Gasteiger partial charge on any atom is 0.220 e. The van der Waals surface area contributed by atoms with Crippen molar-refractivity contribution in [2.24, 2.45) is 5.92 Å². The summed E-state index contributed by atoms with van der Waals surface area (Å²) in [6.45, 7) is 2.03. The van der Waals surface area contributed by atoms with Crippen LogP contribution < -0.4 is 5.32 Å². The molecule has 1 unspecified atom stereocenters. The topological polar surface area (TPSA) is 49.3 Å². The first-order chi connectivity index (χ1) is 9.58. The molecule has 0 spiro atoms. The number of aliphatic hydroxyl groups is 1. The number of hydrogen-bond donors (Lipinski definition) is 2.